The van der Waals surface area contributed by atoms with E-state index in [9.17, 15) is 0 Å². The third-order valence-electron chi connectivity index (χ3n) is 3.61. The van der Waals surface area contributed by atoms with Crippen LogP contribution < -0.4 is 9.47 Å². The van der Waals surface area contributed by atoms with Crippen molar-refractivity contribution in [2.75, 3.05) is 28.3 Å². The van der Waals surface area contributed by atoms with Crippen molar-refractivity contribution in [3.8, 4) is 11.5 Å². The molecule has 0 spiro atoms. The van der Waals surface area contributed by atoms with Gasteiger partial charge in [-0.15, -0.1) is 5.10 Å². The molecule has 7 heteroatoms. The van der Waals surface area contributed by atoms with E-state index < -0.39 is 0 Å². The molecule has 0 saturated carbocycles. The lowest BCUT2D eigenvalue weighted by molar-refractivity contribution is 0.275. The van der Waals surface area contributed by atoms with Gasteiger partial charge in [0.2, 0.25) is 0 Å². The largest absolute Gasteiger partial charge is 0.493 e. The second-order valence-corrected chi connectivity index (χ2v) is 6.60. The van der Waals surface area contributed by atoms with E-state index >= 15 is 0 Å². The zero-order valence-corrected chi connectivity index (χ0v) is 14.9. The molecular weight excluding hydrogens is 294 g/mol. The molecule has 0 amide bonds. The smallest absolute Gasteiger partial charge is 0.173 e. The average molecular weight is 319 g/mol. The van der Waals surface area contributed by atoms with Crippen LogP contribution in [0.3, 0.4) is 0 Å². The zero-order valence-electron chi connectivity index (χ0n) is 14.9. The lowest BCUT2D eigenvalue weighted by Gasteiger charge is -2.28. The molecule has 0 radical (unpaired) electrons. The van der Waals surface area contributed by atoms with Gasteiger partial charge in [0.25, 0.3) is 0 Å². The highest BCUT2D eigenvalue weighted by atomic mass is 16.5. The minimum atomic E-state index is -0.205. The van der Waals surface area contributed by atoms with E-state index in [1.807, 2.05) is 37.0 Å². The highest BCUT2D eigenvalue weighted by molar-refractivity contribution is 5.44. The number of benzene rings is 1. The third kappa shape index (κ3) is 3.44. The van der Waals surface area contributed by atoms with Crippen LogP contribution in [0.2, 0.25) is 0 Å². The van der Waals surface area contributed by atoms with Gasteiger partial charge in [0.1, 0.15) is 0 Å². The van der Waals surface area contributed by atoms with Crippen LogP contribution in [-0.2, 0) is 5.54 Å². The predicted octanol–water partition coefficient (Wildman–Crippen LogP) is 2.10. The van der Waals surface area contributed by atoms with Crippen LogP contribution >= 0.6 is 0 Å². The fraction of sp³-hybridized carbons (Fsp3) is 0.562. The van der Waals surface area contributed by atoms with E-state index in [1.54, 1.807) is 14.2 Å². The van der Waals surface area contributed by atoms with E-state index in [-0.39, 0.29) is 11.6 Å². The van der Waals surface area contributed by atoms with Crippen LogP contribution in [0.4, 0.5) is 0 Å². The first-order valence-corrected chi connectivity index (χ1v) is 7.46. The van der Waals surface area contributed by atoms with Gasteiger partial charge in [0.15, 0.2) is 17.3 Å². The summed E-state index contributed by atoms with van der Waals surface area (Å²) in [6.07, 6.45) is 0. The first-order valence-electron chi connectivity index (χ1n) is 7.46. The molecule has 1 atom stereocenters. The van der Waals surface area contributed by atoms with Crippen LogP contribution in [0.5, 0.6) is 11.5 Å². The number of hydrogen-bond donors (Lipinski definition) is 0. The Morgan fingerprint density at radius 3 is 2.26 bits per heavy atom. The first kappa shape index (κ1) is 17.2. The molecule has 0 bridgehead atoms. The van der Waals surface area contributed by atoms with E-state index in [2.05, 4.69) is 41.2 Å². The molecule has 7 nitrogen and oxygen atoms in total. The summed E-state index contributed by atoms with van der Waals surface area (Å²) in [6, 6.07) is 5.78. The van der Waals surface area contributed by atoms with Crippen molar-refractivity contribution in [2.45, 2.75) is 32.4 Å². The molecule has 0 aliphatic rings. The topological polar surface area (TPSA) is 65.3 Å². The molecule has 0 saturated heterocycles. The van der Waals surface area contributed by atoms with Crippen molar-refractivity contribution < 1.29 is 9.47 Å². The van der Waals surface area contributed by atoms with Gasteiger partial charge in [-0.25, -0.2) is 4.68 Å². The van der Waals surface area contributed by atoms with Crippen molar-refractivity contribution >= 4 is 0 Å². The Labute approximate surface area is 137 Å². The van der Waals surface area contributed by atoms with Crippen LogP contribution in [0.1, 0.15) is 38.2 Å². The number of hydrogen-bond acceptors (Lipinski definition) is 6. The quantitative estimate of drug-likeness (QED) is 0.841. The molecule has 0 aliphatic carbocycles. The Morgan fingerprint density at radius 1 is 1.09 bits per heavy atom. The molecule has 0 N–H and O–H groups in total. The summed E-state index contributed by atoms with van der Waals surface area (Å²) in [6.45, 7) is 6.23. The standard InChI is InChI=1S/C16H25N5O2/c1-16(2,3)21-15(17-18-19-21)14(20(4)5)11-8-9-12(22-6)13(10-11)23-7/h8-10,14H,1-7H3/t14-/m1/s1. The molecule has 0 aliphatic heterocycles. The van der Waals surface area contributed by atoms with Gasteiger partial charge in [0, 0.05) is 0 Å². The summed E-state index contributed by atoms with van der Waals surface area (Å²) >= 11 is 0. The number of ether oxygens (including phenoxy) is 2. The Morgan fingerprint density at radius 2 is 1.74 bits per heavy atom. The van der Waals surface area contributed by atoms with Crippen molar-refractivity contribution in [1.29, 1.82) is 0 Å². The number of tetrazole rings is 1. The molecule has 2 aromatic rings. The molecule has 0 fully saturated rings. The number of rotatable bonds is 5. The SMILES string of the molecule is COc1ccc([C@H](c2nnnn2C(C)(C)C)N(C)C)cc1OC. The number of aromatic nitrogens is 4. The molecule has 2 rings (SSSR count). The van der Waals surface area contributed by atoms with Crippen LogP contribution in [0.15, 0.2) is 18.2 Å². The molecular formula is C16H25N5O2. The summed E-state index contributed by atoms with van der Waals surface area (Å²) in [5, 5.41) is 12.3. The zero-order chi connectivity index (χ0) is 17.2. The summed E-state index contributed by atoms with van der Waals surface area (Å²) in [5.74, 6) is 2.17. The van der Waals surface area contributed by atoms with Gasteiger partial charge in [-0.05, 0) is 63.0 Å². The van der Waals surface area contributed by atoms with Crippen molar-refractivity contribution in [3.05, 3.63) is 29.6 Å². The number of nitrogens with zero attached hydrogens (tertiary/aromatic N) is 5. The molecule has 23 heavy (non-hydrogen) atoms. The van der Waals surface area contributed by atoms with Crippen molar-refractivity contribution in [2.24, 2.45) is 0 Å². The first-order chi connectivity index (χ1) is 10.8. The minimum Gasteiger partial charge on any atom is -0.493 e. The fourth-order valence-electron chi connectivity index (χ4n) is 2.54. The van der Waals surface area contributed by atoms with Crippen LogP contribution in [0.25, 0.3) is 0 Å². The fourth-order valence-corrected chi connectivity index (χ4v) is 2.54. The summed E-state index contributed by atoms with van der Waals surface area (Å²) in [5.41, 5.74) is 0.830. The summed E-state index contributed by atoms with van der Waals surface area (Å²) in [4.78, 5) is 2.08. The van der Waals surface area contributed by atoms with Crippen LogP contribution in [-0.4, -0.2) is 53.4 Å². The maximum Gasteiger partial charge on any atom is 0.173 e. The predicted molar refractivity (Wildman–Crippen MR) is 87.9 cm³/mol. The van der Waals surface area contributed by atoms with Crippen molar-refractivity contribution in [3.63, 3.8) is 0 Å². The van der Waals surface area contributed by atoms with Crippen LogP contribution in [0, 0.1) is 0 Å². The van der Waals surface area contributed by atoms with Gasteiger partial charge >= 0.3 is 0 Å². The highest BCUT2D eigenvalue weighted by Crippen LogP contribution is 2.34. The van der Waals surface area contributed by atoms with Gasteiger partial charge < -0.3 is 9.47 Å². The maximum absolute atomic E-state index is 5.42. The second kappa shape index (κ2) is 6.54. The Hall–Kier alpha value is -2.15. The Kier molecular flexibility index (Phi) is 4.89. The lowest BCUT2D eigenvalue weighted by atomic mass is 10.0. The van der Waals surface area contributed by atoms with Gasteiger partial charge in [-0.1, -0.05) is 6.07 Å². The van der Waals surface area contributed by atoms with Gasteiger partial charge in [-0.2, -0.15) is 0 Å². The van der Waals surface area contributed by atoms with Crippen molar-refractivity contribution in [1.82, 2.24) is 25.1 Å². The van der Waals surface area contributed by atoms with E-state index in [0.29, 0.717) is 11.5 Å². The highest BCUT2D eigenvalue weighted by Gasteiger charge is 2.29. The third-order valence-corrected chi connectivity index (χ3v) is 3.61. The summed E-state index contributed by atoms with van der Waals surface area (Å²) in [7, 11) is 7.26. The van der Waals surface area contributed by atoms with E-state index in [0.717, 1.165) is 11.4 Å². The minimum absolute atomic E-state index is 0.0935. The molecule has 1 heterocycles. The van der Waals surface area contributed by atoms with Gasteiger partial charge in [-0.3, -0.25) is 4.90 Å². The lowest BCUT2D eigenvalue weighted by Crippen LogP contribution is -2.31. The number of methoxy groups -OCH3 is 2. The maximum atomic E-state index is 5.42. The normalized spacial score (nSPS) is 13.2. The molecule has 0 unspecified atom stereocenters. The molecule has 1 aromatic carbocycles. The average Bonchev–Trinajstić information content (AvgIpc) is 2.96. The Balaban J connectivity index is 2.55. The van der Waals surface area contributed by atoms with E-state index in [1.165, 1.54) is 0 Å². The Bertz CT molecular complexity index is 661. The molecule has 1 aromatic heterocycles. The van der Waals surface area contributed by atoms with E-state index in [4.69, 9.17) is 9.47 Å². The monoisotopic (exact) mass is 319 g/mol. The van der Waals surface area contributed by atoms with Gasteiger partial charge in [0.05, 0.1) is 25.8 Å². The second-order valence-electron chi connectivity index (χ2n) is 6.60. The summed E-state index contributed by atoms with van der Waals surface area (Å²) < 4.78 is 12.6. The molecule has 126 valence electrons.